The number of benzene rings is 1. The predicted molar refractivity (Wildman–Crippen MR) is 109 cm³/mol. The van der Waals surface area contributed by atoms with Gasteiger partial charge in [-0.15, -0.1) is 5.10 Å². The molecule has 3 atom stereocenters. The third kappa shape index (κ3) is 4.87. The average molecular weight is 424 g/mol. The first-order chi connectivity index (χ1) is 13.7. The molecule has 2 aromatic rings. The fraction of sp³-hybridized carbons (Fsp3) is 0.632. The van der Waals surface area contributed by atoms with E-state index in [1.807, 2.05) is 13.8 Å². The van der Waals surface area contributed by atoms with E-state index in [9.17, 15) is 13.2 Å². The highest BCUT2D eigenvalue weighted by Gasteiger charge is 2.32. The zero-order valence-corrected chi connectivity index (χ0v) is 18.1. The Kier molecular flexibility index (Phi) is 6.42. The number of piperidine rings is 1. The van der Waals surface area contributed by atoms with Crippen LogP contribution >= 0.6 is 0 Å². The van der Waals surface area contributed by atoms with Crippen molar-refractivity contribution in [3.63, 3.8) is 0 Å². The van der Waals surface area contributed by atoms with Gasteiger partial charge in [0.1, 0.15) is 11.0 Å². The lowest BCUT2D eigenvalue weighted by molar-refractivity contribution is -0.126. The van der Waals surface area contributed by atoms with E-state index >= 15 is 0 Å². The minimum absolute atomic E-state index is 0.0460. The predicted octanol–water partition coefficient (Wildman–Crippen LogP) is 1.44. The highest BCUT2D eigenvalue weighted by Crippen LogP contribution is 2.27. The molecule has 10 heteroatoms. The Morgan fingerprint density at radius 3 is 2.66 bits per heavy atom. The molecule has 160 valence electrons. The van der Waals surface area contributed by atoms with Gasteiger partial charge in [-0.1, -0.05) is 25.6 Å². The lowest BCUT2D eigenvalue weighted by atomic mass is 9.94. The van der Waals surface area contributed by atoms with Gasteiger partial charge in [-0.05, 0) is 55.0 Å². The maximum atomic E-state index is 13.1. The molecule has 2 heterocycles. The molecule has 1 aromatic heterocycles. The maximum absolute atomic E-state index is 13.1. The number of sulfonamides is 1. The summed E-state index contributed by atoms with van der Waals surface area (Å²) in [5.74, 6) is 0.358. The lowest BCUT2D eigenvalue weighted by Crippen LogP contribution is -2.42. The summed E-state index contributed by atoms with van der Waals surface area (Å²) >= 11 is 0. The van der Waals surface area contributed by atoms with E-state index in [0.29, 0.717) is 36.0 Å². The standard InChI is InChI=1S/C19H29N5O4S/c1-5-15(4)20-19(25)12-28-24-18-9-16(6-7-17(18)21-22-24)29(26,27)23-10-13(2)8-14(3)11-23/h6-7,9,13-15H,5,8,10-12H2,1-4H3,(H,20,25)/t13-,14-,15+/m0/s1. The van der Waals surface area contributed by atoms with Gasteiger partial charge in [-0.2, -0.15) is 4.31 Å². The summed E-state index contributed by atoms with van der Waals surface area (Å²) in [6.07, 6.45) is 1.83. The first-order valence-corrected chi connectivity index (χ1v) is 11.4. The van der Waals surface area contributed by atoms with Crippen LogP contribution in [0, 0.1) is 11.8 Å². The van der Waals surface area contributed by atoms with Crippen molar-refractivity contribution in [2.75, 3.05) is 19.7 Å². The number of fused-ring (bicyclic) bond motifs is 1. The maximum Gasteiger partial charge on any atom is 0.260 e. The molecule has 1 aliphatic rings. The molecule has 1 N–H and O–H groups in total. The molecule has 0 bridgehead atoms. The van der Waals surface area contributed by atoms with Crippen molar-refractivity contribution in [3.05, 3.63) is 18.2 Å². The Bertz CT molecular complexity index is 964. The van der Waals surface area contributed by atoms with E-state index in [-0.39, 0.29) is 23.5 Å². The van der Waals surface area contributed by atoms with Gasteiger partial charge in [0.2, 0.25) is 10.0 Å². The average Bonchev–Trinajstić information content (AvgIpc) is 3.07. The van der Waals surface area contributed by atoms with Crippen LogP contribution in [-0.2, 0) is 14.8 Å². The van der Waals surface area contributed by atoms with Gasteiger partial charge in [-0.3, -0.25) is 4.79 Å². The van der Waals surface area contributed by atoms with Crippen molar-refractivity contribution in [3.8, 4) is 0 Å². The van der Waals surface area contributed by atoms with Crippen molar-refractivity contribution < 1.29 is 18.0 Å². The van der Waals surface area contributed by atoms with Gasteiger partial charge in [0.25, 0.3) is 5.91 Å². The van der Waals surface area contributed by atoms with Gasteiger partial charge in [0.15, 0.2) is 6.61 Å². The summed E-state index contributed by atoms with van der Waals surface area (Å²) in [5, 5.41) is 10.7. The summed E-state index contributed by atoms with van der Waals surface area (Å²) in [6, 6.07) is 4.69. The molecular formula is C19H29N5O4S. The van der Waals surface area contributed by atoms with Crippen LogP contribution in [0.15, 0.2) is 23.1 Å². The highest BCUT2D eigenvalue weighted by atomic mass is 32.2. The first-order valence-electron chi connectivity index (χ1n) is 9.99. The Hall–Kier alpha value is -2.20. The van der Waals surface area contributed by atoms with Crippen LogP contribution < -0.4 is 10.2 Å². The van der Waals surface area contributed by atoms with Gasteiger partial charge in [-0.25, -0.2) is 8.42 Å². The van der Waals surface area contributed by atoms with Gasteiger partial charge in [0, 0.05) is 19.1 Å². The number of amides is 1. The molecule has 1 aromatic carbocycles. The largest absolute Gasteiger partial charge is 0.385 e. The van der Waals surface area contributed by atoms with E-state index in [0.717, 1.165) is 17.7 Å². The zero-order chi connectivity index (χ0) is 21.2. The minimum atomic E-state index is -3.63. The molecule has 1 amide bonds. The number of hydrogen-bond donors (Lipinski definition) is 1. The van der Waals surface area contributed by atoms with E-state index in [2.05, 4.69) is 29.5 Å². The van der Waals surface area contributed by atoms with Crippen molar-refractivity contribution in [1.29, 1.82) is 0 Å². The van der Waals surface area contributed by atoms with Crippen LogP contribution in [0.1, 0.15) is 40.5 Å². The Labute approximate surface area is 171 Å². The Balaban J connectivity index is 1.80. The summed E-state index contributed by atoms with van der Waals surface area (Å²) < 4.78 is 27.8. The second kappa shape index (κ2) is 8.66. The highest BCUT2D eigenvalue weighted by molar-refractivity contribution is 7.89. The van der Waals surface area contributed by atoms with Crippen LogP contribution in [0.5, 0.6) is 0 Å². The van der Waals surface area contributed by atoms with Crippen molar-refractivity contribution in [2.45, 2.75) is 51.5 Å². The smallest absolute Gasteiger partial charge is 0.260 e. The molecular weight excluding hydrogens is 394 g/mol. The second-order valence-electron chi connectivity index (χ2n) is 8.03. The van der Waals surface area contributed by atoms with E-state index in [4.69, 9.17) is 4.84 Å². The fourth-order valence-corrected chi connectivity index (χ4v) is 5.32. The fourth-order valence-electron chi connectivity index (χ4n) is 3.62. The third-order valence-corrected chi connectivity index (χ3v) is 7.03. The minimum Gasteiger partial charge on any atom is -0.385 e. The van der Waals surface area contributed by atoms with Crippen LogP contribution in [-0.4, -0.2) is 59.5 Å². The van der Waals surface area contributed by atoms with E-state index in [1.54, 1.807) is 10.4 Å². The van der Waals surface area contributed by atoms with Crippen LogP contribution in [0.3, 0.4) is 0 Å². The normalized spacial score (nSPS) is 21.8. The molecule has 29 heavy (non-hydrogen) atoms. The van der Waals surface area contributed by atoms with Crippen molar-refractivity contribution >= 4 is 27.0 Å². The summed E-state index contributed by atoms with van der Waals surface area (Å²) in [5.41, 5.74) is 0.896. The zero-order valence-electron chi connectivity index (χ0n) is 17.3. The van der Waals surface area contributed by atoms with Crippen LogP contribution in [0.2, 0.25) is 0 Å². The molecule has 1 fully saturated rings. The summed E-state index contributed by atoms with van der Waals surface area (Å²) in [7, 11) is -3.63. The molecule has 0 saturated carbocycles. The molecule has 0 unspecified atom stereocenters. The van der Waals surface area contributed by atoms with Crippen LogP contribution in [0.4, 0.5) is 0 Å². The van der Waals surface area contributed by atoms with Crippen LogP contribution in [0.25, 0.3) is 11.0 Å². The third-order valence-electron chi connectivity index (χ3n) is 5.20. The number of nitrogens with zero attached hydrogens (tertiary/aromatic N) is 4. The molecule has 3 rings (SSSR count). The summed E-state index contributed by atoms with van der Waals surface area (Å²) in [4.78, 5) is 18.6. The number of carbonyl (C=O) groups excluding carboxylic acids is 1. The summed E-state index contributed by atoms with van der Waals surface area (Å²) in [6.45, 7) is 8.80. The Morgan fingerprint density at radius 2 is 2.00 bits per heavy atom. The molecule has 0 aliphatic carbocycles. The molecule has 9 nitrogen and oxygen atoms in total. The van der Waals surface area contributed by atoms with Gasteiger partial charge in [0.05, 0.1) is 4.90 Å². The monoisotopic (exact) mass is 423 g/mol. The first kappa shape index (κ1) is 21.5. The second-order valence-corrected chi connectivity index (χ2v) is 9.97. The van der Waals surface area contributed by atoms with Gasteiger partial charge < -0.3 is 10.2 Å². The molecule has 0 radical (unpaired) electrons. The van der Waals surface area contributed by atoms with Crippen molar-refractivity contribution in [2.24, 2.45) is 11.8 Å². The molecule has 1 aliphatic heterocycles. The molecule has 1 saturated heterocycles. The topological polar surface area (TPSA) is 106 Å². The number of aromatic nitrogens is 3. The SMILES string of the molecule is CC[C@@H](C)NC(=O)COn1nnc2ccc(S(=O)(=O)N3C[C@@H](C)C[C@H](C)C3)cc21. The number of nitrogens with one attached hydrogen (secondary N) is 1. The van der Waals surface area contributed by atoms with Gasteiger partial charge >= 0.3 is 0 Å². The number of rotatable bonds is 7. The number of hydrogen-bond acceptors (Lipinski definition) is 6. The molecule has 0 spiro atoms. The number of carbonyl (C=O) groups is 1. The quantitative estimate of drug-likeness (QED) is 0.722. The Morgan fingerprint density at radius 1 is 1.31 bits per heavy atom. The van der Waals surface area contributed by atoms with E-state index < -0.39 is 10.0 Å². The van der Waals surface area contributed by atoms with Crippen molar-refractivity contribution in [1.82, 2.24) is 24.8 Å². The lowest BCUT2D eigenvalue weighted by Gasteiger charge is -2.34. The van der Waals surface area contributed by atoms with E-state index in [1.165, 1.54) is 12.1 Å².